The predicted molar refractivity (Wildman–Crippen MR) is 137 cm³/mol. The molecule has 1 fully saturated rings. The van der Waals surface area contributed by atoms with Crippen LogP contribution in [0.15, 0.2) is 60.8 Å². The first-order valence-corrected chi connectivity index (χ1v) is 12.1. The van der Waals surface area contributed by atoms with Gasteiger partial charge in [-0.3, -0.25) is 0 Å². The molecular formula is C28H33ClFN3. The summed E-state index contributed by atoms with van der Waals surface area (Å²) in [5.74, 6) is 7.02. The van der Waals surface area contributed by atoms with Crippen molar-refractivity contribution in [1.29, 1.82) is 0 Å². The summed E-state index contributed by atoms with van der Waals surface area (Å²) >= 11 is 6.21. The summed E-state index contributed by atoms with van der Waals surface area (Å²) in [6.45, 7) is 8.73. The highest BCUT2D eigenvalue weighted by Gasteiger charge is 2.09. The fraction of sp³-hybridized carbons (Fsp3) is 0.357. The highest BCUT2D eigenvalue weighted by Crippen LogP contribution is 2.18. The van der Waals surface area contributed by atoms with Crippen LogP contribution in [0.1, 0.15) is 42.4 Å². The Bertz CT molecular complexity index is 982. The maximum absolute atomic E-state index is 12.9. The Morgan fingerprint density at radius 1 is 1.12 bits per heavy atom. The molecule has 33 heavy (non-hydrogen) atoms. The average molecular weight is 466 g/mol. The smallest absolute Gasteiger partial charge is 0.123 e. The topological polar surface area (TPSA) is 36.1 Å². The van der Waals surface area contributed by atoms with Crippen molar-refractivity contribution < 1.29 is 4.39 Å². The molecule has 0 radical (unpaired) electrons. The van der Waals surface area contributed by atoms with Crippen LogP contribution in [-0.4, -0.2) is 26.2 Å². The van der Waals surface area contributed by atoms with Gasteiger partial charge in [-0.05, 0) is 86.8 Å². The first kappa shape index (κ1) is 25.1. The molecule has 2 aromatic carbocycles. The molecule has 3 nitrogen and oxygen atoms in total. The van der Waals surface area contributed by atoms with Gasteiger partial charge in [0, 0.05) is 35.3 Å². The van der Waals surface area contributed by atoms with Crippen LogP contribution >= 0.6 is 11.6 Å². The highest BCUT2D eigenvalue weighted by atomic mass is 35.5. The first-order chi connectivity index (χ1) is 16.1. The Labute approximate surface area is 202 Å². The van der Waals surface area contributed by atoms with Crippen LogP contribution in [0.5, 0.6) is 0 Å². The lowest BCUT2D eigenvalue weighted by Gasteiger charge is -2.17. The minimum absolute atomic E-state index is 0.198. The van der Waals surface area contributed by atoms with Crippen LogP contribution in [0.4, 0.5) is 4.39 Å². The zero-order chi connectivity index (χ0) is 23.3. The van der Waals surface area contributed by atoms with Gasteiger partial charge in [-0.1, -0.05) is 54.3 Å². The van der Waals surface area contributed by atoms with Gasteiger partial charge in [0.25, 0.3) is 0 Å². The highest BCUT2D eigenvalue weighted by molar-refractivity contribution is 6.30. The fourth-order valence-electron chi connectivity index (χ4n) is 3.64. The van der Waals surface area contributed by atoms with E-state index in [1.54, 1.807) is 0 Å². The Kier molecular flexibility index (Phi) is 10.5. The van der Waals surface area contributed by atoms with Crippen LogP contribution in [-0.2, 0) is 6.54 Å². The standard InChI is InChI=1S/C28H33ClFN3/c1-22(33-17-3-2-16-32-21-24-6-12-28(30)13-7-24)4-8-25-10-11-27(29)20-26(25)9-5-23-14-18-31-19-15-23/h4,6-8,10-13,20,23,31-33H,1-3,14-19,21H2/b8-4+. The van der Waals surface area contributed by atoms with E-state index in [9.17, 15) is 4.39 Å². The molecule has 174 valence electrons. The Hall–Kier alpha value is -2.58. The van der Waals surface area contributed by atoms with Crippen molar-refractivity contribution in [2.24, 2.45) is 5.92 Å². The lowest BCUT2D eigenvalue weighted by atomic mass is 9.98. The number of allylic oxidation sites excluding steroid dienone is 1. The molecule has 0 spiro atoms. The lowest BCUT2D eigenvalue weighted by Crippen LogP contribution is -2.26. The average Bonchev–Trinajstić information content (AvgIpc) is 2.83. The second-order valence-corrected chi connectivity index (χ2v) is 8.76. The SMILES string of the molecule is C=C(/C=C/c1ccc(Cl)cc1C#CC1CCNCC1)NCCCCNCc1ccc(F)cc1. The molecular weight excluding hydrogens is 433 g/mol. The maximum Gasteiger partial charge on any atom is 0.123 e. The van der Waals surface area contributed by atoms with Gasteiger partial charge in [-0.25, -0.2) is 4.39 Å². The normalized spacial score (nSPS) is 14.1. The second-order valence-electron chi connectivity index (χ2n) is 8.32. The van der Waals surface area contributed by atoms with Crippen LogP contribution in [0.3, 0.4) is 0 Å². The van der Waals surface area contributed by atoms with Gasteiger partial charge in [0.15, 0.2) is 0 Å². The van der Waals surface area contributed by atoms with Crippen molar-refractivity contribution in [3.8, 4) is 11.8 Å². The summed E-state index contributed by atoms with van der Waals surface area (Å²) < 4.78 is 12.9. The number of piperidine rings is 1. The third-order valence-electron chi connectivity index (χ3n) is 5.60. The molecule has 0 bridgehead atoms. The molecule has 3 rings (SSSR count). The van der Waals surface area contributed by atoms with Gasteiger partial charge in [0.05, 0.1) is 0 Å². The first-order valence-electron chi connectivity index (χ1n) is 11.7. The van der Waals surface area contributed by atoms with E-state index in [-0.39, 0.29) is 5.82 Å². The molecule has 0 aliphatic carbocycles. The Morgan fingerprint density at radius 2 is 1.88 bits per heavy atom. The van der Waals surface area contributed by atoms with Gasteiger partial charge in [-0.2, -0.15) is 0 Å². The predicted octanol–water partition coefficient (Wildman–Crippen LogP) is 5.52. The van der Waals surface area contributed by atoms with Crippen molar-refractivity contribution in [2.45, 2.75) is 32.2 Å². The third kappa shape index (κ3) is 9.43. The third-order valence-corrected chi connectivity index (χ3v) is 5.84. The van der Waals surface area contributed by atoms with E-state index in [0.29, 0.717) is 10.9 Å². The molecule has 1 aliphatic heterocycles. The molecule has 0 unspecified atom stereocenters. The molecule has 5 heteroatoms. The van der Waals surface area contributed by atoms with Gasteiger partial charge in [0.1, 0.15) is 5.82 Å². The number of benzene rings is 2. The number of halogens is 2. The van der Waals surface area contributed by atoms with E-state index >= 15 is 0 Å². The number of rotatable bonds is 10. The van der Waals surface area contributed by atoms with Crippen molar-refractivity contribution in [3.63, 3.8) is 0 Å². The lowest BCUT2D eigenvalue weighted by molar-refractivity contribution is 0.447. The summed E-state index contributed by atoms with van der Waals surface area (Å²) in [7, 11) is 0. The monoisotopic (exact) mass is 465 g/mol. The largest absolute Gasteiger partial charge is 0.386 e. The van der Waals surface area contributed by atoms with Crippen LogP contribution in [0, 0.1) is 23.6 Å². The van der Waals surface area contributed by atoms with Crippen molar-refractivity contribution >= 4 is 17.7 Å². The van der Waals surface area contributed by atoms with E-state index in [1.165, 1.54) is 12.1 Å². The molecule has 0 atom stereocenters. The molecule has 1 heterocycles. The summed E-state index contributed by atoms with van der Waals surface area (Å²) in [6, 6.07) is 12.4. The second kappa shape index (κ2) is 13.9. The summed E-state index contributed by atoms with van der Waals surface area (Å²) in [4.78, 5) is 0. The molecule has 0 aromatic heterocycles. The van der Waals surface area contributed by atoms with Crippen molar-refractivity contribution in [1.82, 2.24) is 16.0 Å². The maximum atomic E-state index is 12.9. The summed E-state index contributed by atoms with van der Waals surface area (Å²) in [5.41, 5.74) is 3.97. The Balaban J connectivity index is 1.38. The van der Waals surface area contributed by atoms with E-state index in [2.05, 4.69) is 34.4 Å². The van der Waals surface area contributed by atoms with Gasteiger partial charge >= 0.3 is 0 Å². The zero-order valence-electron chi connectivity index (χ0n) is 19.1. The van der Waals surface area contributed by atoms with Crippen LogP contribution in [0.2, 0.25) is 5.02 Å². The minimum atomic E-state index is -0.198. The molecule has 3 N–H and O–H groups in total. The number of unbranched alkanes of at least 4 members (excludes halogenated alkanes) is 1. The quantitative estimate of drug-likeness (QED) is 0.246. The number of hydrogen-bond acceptors (Lipinski definition) is 3. The molecule has 2 aromatic rings. The summed E-state index contributed by atoms with van der Waals surface area (Å²) in [6.07, 6.45) is 8.33. The van der Waals surface area contributed by atoms with E-state index in [0.717, 1.165) is 80.8 Å². The van der Waals surface area contributed by atoms with Gasteiger partial charge in [-0.15, -0.1) is 0 Å². The van der Waals surface area contributed by atoms with E-state index < -0.39 is 0 Å². The summed E-state index contributed by atoms with van der Waals surface area (Å²) in [5, 5.41) is 10.8. The van der Waals surface area contributed by atoms with Crippen molar-refractivity contribution in [2.75, 3.05) is 26.2 Å². The van der Waals surface area contributed by atoms with Gasteiger partial charge in [0.2, 0.25) is 0 Å². The van der Waals surface area contributed by atoms with E-state index in [4.69, 9.17) is 11.6 Å². The zero-order valence-corrected chi connectivity index (χ0v) is 19.9. The van der Waals surface area contributed by atoms with Crippen LogP contribution in [0.25, 0.3) is 6.08 Å². The van der Waals surface area contributed by atoms with E-state index in [1.807, 2.05) is 42.5 Å². The molecule has 1 saturated heterocycles. The minimum Gasteiger partial charge on any atom is -0.386 e. The van der Waals surface area contributed by atoms with Crippen LogP contribution < -0.4 is 16.0 Å². The number of hydrogen-bond donors (Lipinski definition) is 3. The number of nitrogens with one attached hydrogen (secondary N) is 3. The molecule has 0 saturated carbocycles. The fourth-order valence-corrected chi connectivity index (χ4v) is 3.81. The molecule has 0 amide bonds. The Morgan fingerprint density at radius 3 is 2.67 bits per heavy atom. The van der Waals surface area contributed by atoms with Crippen molar-refractivity contribution in [3.05, 3.63) is 88.3 Å². The van der Waals surface area contributed by atoms with Gasteiger partial charge < -0.3 is 16.0 Å². The molecule has 1 aliphatic rings.